The van der Waals surface area contributed by atoms with Gasteiger partial charge in [0, 0.05) is 11.1 Å². The van der Waals surface area contributed by atoms with Gasteiger partial charge in [0.15, 0.2) is 0 Å². The molecule has 0 saturated heterocycles. The van der Waals surface area contributed by atoms with Gasteiger partial charge in [-0.05, 0) is 36.4 Å². The number of halogens is 4. The smallest absolute Gasteiger partial charge is 0.0993 e. The number of hydrogen-bond donors (Lipinski definition) is 0. The number of hydrogen-bond acceptors (Lipinski definition) is 2. The Morgan fingerprint density at radius 1 is 0.667 bits per heavy atom. The number of rotatable bonds is 2. The van der Waals surface area contributed by atoms with Gasteiger partial charge in [0.05, 0.1) is 43.1 Å². The van der Waals surface area contributed by atoms with Crippen molar-refractivity contribution in [3.63, 3.8) is 0 Å². The minimum atomic E-state index is 0.425. The number of nitriles is 1. The summed E-state index contributed by atoms with van der Waals surface area (Å²) in [7, 11) is 0. The fraction of sp³-hybridized carbons (Fsp3) is 0. The predicted molar refractivity (Wildman–Crippen MR) is 99.9 cm³/mol. The first-order chi connectivity index (χ1) is 11.5. The molecule has 0 saturated carbocycles. The molecule has 3 rings (SSSR count). The molecule has 0 aliphatic rings. The lowest BCUT2D eigenvalue weighted by Gasteiger charge is -2.08. The van der Waals surface area contributed by atoms with E-state index < -0.39 is 0 Å². The van der Waals surface area contributed by atoms with Gasteiger partial charge in [-0.2, -0.15) is 5.26 Å². The van der Waals surface area contributed by atoms with Crippen LogP contribution >= 0.6 is 46.4 Å². The zero-order valence-corrected chi connectivity index (χ0v) is 15.0. The normalized spacial score (nSPS) is 10.5. The first-order valence-corrected chi connectivity index (χ1v) is 8.32. The Hall–Kier alpha value is -1.76. The van der Waals surface area contributed by atoms with E-state index in [0.29, 0.717) is 37.0 Å². The van der Waals surface area contributed by atoms with E-state index in [-0.39, 0.29) is 0 Å². The van der Waals surface area contributed by atoms with Crippen molar-refractivity contribution in [2.24, 2.45) is 0 Å². The van der Waals surface area contributed by atoms with Gasteiger partial charge in [-0.3, -0.25) is 0 Å². The third-order valence-corrected chi connectivity index (χ3v) is 4.86. The molecule has 118 valence electrons. The summed E-state index contributed by atoms with van der Waals surface area (Å²) in [5, 5.41) is 11.1. The van der Waals surface area contributed by atoms with E-state index in [1.807, 2.05) is 0 Å². The molecule has 0 aliphatic carbocycles. The van der Waals surface area contributed by atoms with Gasteiger partial charge >= 0.3 is 0 Å². The Kier molecular flexibility index (Phi) is 4.99. The molecule has 6 heteroatoms. The van der Waals surface area contributed by atoms with Gasteiger partial charge in [-0.1, -0.05) is 58.5 Å². The van der Waals surface area contributed by atoms with Crippen LogP contribution in [0.5, 0.6) is 0 Å². The summed E-state index contributed by atoms with van der Waals surface area (Å²) in [6.45, 7) is 0. The van der Waals surface area contributed by atoms with E-state index in [4.69, 9.17) is 46.4 Å². The second kappa shape index (κ2) is 7.01. The topological polar surface area (TPSA) is 36.7 Å². The third kappa shape index (κ3) is 3.50. The quantitative estimate of drug-likeness (QED) is 0.474. The maximum Gasteiger partial charge on any atom is 0.0993 e. The standard InChI is InChI=1S/C18H8Cl4N2/c19-13-3-1-11(7-15(13)21)17-5-10(9-23)6-18(24-17)12-2-4-14(20)16(22)8-12/h1-8H. The molecule has 0 amide bonds. The van der Waals surface area contributed by atoms with Gasteiger partial charge in [0.25, 0.3) is 0 Å². The second-order valence-corrected chi connectivity index (χ2v) is 6.62. The Morgan fingerprint density at radius 2 is 1.12 bits per heavy atom. The summed E-state index contributed by atoms with van der Waals surface area (Å²) in [6.07, 6.45) is 0. The molecule has 0 spiro atoms. The summed E-state index contributed by atoms with van der Waals surface area (Å²) < 4.78 is 0. The van der Waals surface area contributed by atoms with E-state index in [9.17, 15) is 5.26 Å². The lowest BCUT2D eigenvalue weighted by Crippen LogP contribution is -1.91. The van der Waals surface area contributed by atoms with Gasteiger partial charge in [0.2, 0.25) is 0 Å². The van der Waals surface area contributed by atoms with E-state index in [1.165, 1.54) is 0 Å². The maximum absolute atomic E-state index is 9.31. The number of aromatic nitrogens is 1. The third-order valence-electron chi connectivity index (χ3n) is 3.39. The van der Waals surface area contributed by atoms with Gasteiger partial charge in [-0.25, -0.2) is 4.98 Å². The highest BCUT2D eigenvalue weighted by molar-refractivity contribution is 6.42. The fourth-order valence-electron chi connectivity index (χ4n) is 2.20. The highest BCUT2D eigenvalue weighted by Gasteiger charge is 2.10. The molecule has 2 nitrogen and oxygen atoms in total. The van der Waals surface area contributed by atoms with Crippen molar-refractivity contribution in [1.82, 2.24) is 4.98 Å². The zero-order valence-electron chi connectivity index (χ0n) is 12.0. The Bertz CT molecular complexity index is 907. The predicted octanol–water partition coefficient (Wildman–Crippen LogP) is 6.90. The van der Waals surface area contributed by atoms with Crippen LogP contribution in [0, 0.1) is 11.3 Å². The SMILES string of the molecule is N#Cc1cc(-c2ccc(Cl)c(Cl)c2)nc(-c2ccc(Cl)c(Cl)c2)c1. The van der Waals surface area contributed by atoms with Crippen LogP contribution in [0.1, 0.15) is 5.56 Å². The zero-order chi connectivity index (χ0) is 17.3. The van der Waals surface area contributed by atoms with Gasteiger partial charge in [0.1, 0.15) is 0 Å². The van der Waals surface area contributed by atoms with Crippen LogP contribution in [-0.4, -0.2) is 4.98 Å². The summed E-state index contributed by atoms with van der Waals surface area (Å²) in [4.78, 5) is 4.61. The average Bonchev–Trinajstić information content (AvgIpc) is 2.59. The van der Waals surface area contributed by atoms with Crippen molar-refractivity contribution < 1.29 is 0 Å². The molecule has 0 N–H and O–H groups in total. The summed E-state index contributed by atoms with van der Waals surface area (Å²) >= 11 is 24.1. The molecule has 0 fully saturated rings. The summed E-state index contributed by atoms with van der Waals surface area (Å²) in [5.74, 6) is 0. The highest BCUT2D eigenvalue weighted by atomic mass is 35.5. The molecular weight excluding hydrogens is 386 g/mol. The van der Waals surface area contributed by atoms with Gasteiger partial charge in [-0.15, -0.1) is 0 Å². The first kappa shape index (κ1) is 17.1. The molecule has 0 unspecified atom stereocenters. The van der Waals surface area contributed by atoms with E-state index in [0.717, 1.165) is 11.1 Å². The molecule has 1 aromatic heterocycles. The van der Waals surface area contributed by atoms with Crippen molar-refractivity contribution in [2.75, 3.05) is 0 Å². The van der Waals surface area contributed by atoms with Crippen molar-refractivity contribution in [1.29, 1.82) is 5.26 Å². The van der Waals surface area contributed by atoms with Crippen LogP contribution in [0.2, 0.25) is 20.1 Å². The minimum absolute atomic E-state index is 0.425. The van der Waals surface area contributed by atoms with Crippen molar-refractivity contribution in [3.8, 4) is 28.6 Å². The molecule has 1 heterocycles. The molecule has 0 aliphatic heterocycles. The molecule has 0 bridgehead atoms. The largest absolute Gasteiger partial charge is 0.248 e. The van der Waals surface area contributed by atoms with Crippen molar-refractivity contribution in [3.05, 3.63) is 74.2 Å². The first-order valence-electron chi connectivity index (χ1n) is 6.81. The molecule has 3 aromatic rings. The lowest BCUT2D eigenvalue weighted by atomic mass is 10.1. The molecule has 0 radical (unpaired) electrons. The highest BCUT2D eigenvalue weighted by Crippen LogP contribution is 2.32. The second-order valence-electron chi connectivity index (χ2n) is 5.00. The number of pyridine rings is 1. The fourth-order valence-corrected chi connectivity index (χ4v) is 2.80. The molecule has 0 atom stereocenters. The Morgan fingerprint density at radius 3 is 1.50 bits per heavy atom. The summed E-state index contributed by atoms with van der Waals surface area (Å²) in [5.41, 5.74) is 3.25. The lowest BCUT2D eigenvalue weighted by molar-refractivity contribution is 1.31. The summed E-state index contributed by atoms with van der Waals surface area (Å²) in [6, 6.07) is 16.0. The molecular formula is C18H8Cl4N2. The van der Waals surface area contributed by atoms with Crippen LogP contribution in [0.15, 0.2) is 48.5 Å². The minimum Gasteiger partial charge on any atom is -0.248 e. The molecule has 24 heavy (non-hydrogen) atoms. The molecule has 2 aromatic carbocycles. The van der Waals surface area contributed by atoms with Crippen LogP contribution in [0.4, 0.5) is 0 Å². The Labute approximate surface area is 159 Å². The van der Waals surface area contributed by atoms with Crippen LogP contribution in [-0.2, 0) is 0 Å². The average molecular weight is 394 g/mol. The van der Waals surface area contributed by atoms with Crippen molar-refractivity contribution >= 4 is 46.4 Å². The number of benzene rings is 2. The van der Waals surface area contributed by atoms with Crippen LogP contribution in [0.25, 0.3) is 22.5 Å². The van der Waals surface area contributed by atoms with Crippen molar-refractivity contribution in [2.45, 2.75) is 0 Å². The monoisotopic (exact) mass is 392 g/mol. The van der Waals surface area contributed by atoms with Crippen LogP contribution < -0.4 is 0 Å². The van der Waals surface area contributed by atoms with Crippen LogP contribution in [0.3, 0.4) is 0 Å². The van der Waals surface area contributed by atoms with E-state index in [1.54, 1.807) is 48.5 Å². The van der Waals surface area contributed by atoms with Gasteiger partial charge < -0.3 is 0 Å². The van der Waals surface area contributed by atoms with E-state index >= 15 is 0 Å². The number of nitrogens with zero attached hydrogens (tertiary/aromatic N) is 2. The van der Waals surface area contributed by atoms with E-state index in [2.05, 4.69) is 11.1 Å². The maximum atomic E-state index is 9.31. The Balaban J connectivity index is 2.16.